The van der Waals surface area contributed by atoms with E-state index in [1.807, 2.05) is 0 Å². The fourth-order valence-corrected chi connectivity index (χ4v) is 4.43. The summed E-state index contributed by atoms with van der Waals surface area (Å²) in [6.07, 6.45) is 0.633. The summed E-state index contributed by atoms with van der Waals surface area (Å²) >= 11 is 5.94. The van der Waals surface area contributed by atoms with Gasteiger partial charge < -0.3 is 9.64 Å². The number of rotatable bonds is 4. The number of carbonyl (C=O) groups is 1. The normalized spacial score (nSPS) is 20.2. The Bertz CT molecular complexity index is 644. The van der Waals surface area contributed by atoms with E-state index in [9.17, 15) is 13.2 Å². The summed E-state index contributed by atoms with van der Waals surface area (Å²) in [4.78, 5) is 13.8. The number of hydrogen-bond acceptors (Lipinski definition) is 4. The van der Waals surface area contributed by atoms with Crippen molar-refractivity contribution >= 4 is 27.3 Å². The zero-order valence-electron chi connectivity index (χ0n) is 12.0. The zero-order valence-corrected chi connectivity index (χ0v) is 13.6. The zero-order chi connectivity index (χ0) is 15.6. The first-order valence-corrected chi connectivity index (χ1v) is 8.81. The molecule has 1 aliphatic heterocycles. The molecule has 1 aliphatic rings. The summed E-state index contributed by atoms with van der Waals surface area (Å²) in [5.74, 6) is 0.649. The SMILES string of the molecule is COc1ccc(Cl)cc1CC(=O)N(C)C1CCS(=O)(=O)C1. The highest BCUT2D eigenvalue weighted by Crippen LogP contribution is 2.24. The van der Waals surface area contributed by atoms with E-state index >= 15 is 0 Å². The lowest BCUT2D eigenvalue weighted by Crippen LogP contribution is -2.38. The number of nitrogens with zero attached hydrogens (tertiary/aromatic N) is 1. The number of sulfone groups is 1. The van der Waals surface area contributed by atoms with Crippen LogP contribution in [0, 0.1) is 0 Å². The largest absolute Gasteiger partial charge is 0.496 e. The van der Waals surface area contributed by atoms with Gasteiger partial charge in [0, 0.05) is 23.7 Å². The lowest BCUT2D eigenvalue weighted by Gasteiger charge is -2.23. The number of amides is 1. The smallest absolute Gasteiger partial charge is 0.227 e. The Morgan fingerprint density at radius 1 is 1.48 bits per heavy atom. The number of hydrogen-bond donors (Lipinski definition) is 0. The molecule has 1 aromatic carbocycles. The van der Waals surface area contributed by atoms with Gasteiger partial charge in [0.05, 0.1) is 25.0 Å². The highest BCUT2D eigenvalue weighted by Gasteiger charge is 2.32. The molecular formula is C14H18ClNO4S. The van der Waals surface area contributed by atoms with Gasteiger partial charge in [-0.05, 0) is 24.6 Å². The Labute approximate surface area is 129 Å². The van der Waals surface area contributed by atoms with Crippen LogP contribution in [0.25, 0.3) is 0 Å². The van der Waals surface area contributed by atoms with E-state index in [2.05, 4.69) is 0 Å². The van der Waals surface area contributed by atoms with Crippen LogP contribution in [0.5, 0.6) is 5.75 Å². The number of carbonyl (C=O) groups excluding carboxylic acids is 1. The summed E-state index contributed by atoms with van der Waals surface area (Å²) < 4.78 is 28.2. The van der Waals surface area contributed by atoms with Crippen LogP contribution in [-0.2, 0) is 21.1 Å². The van der Waals surface area contributed by atoms with E-state index in [1.54, 1.807) is 25.2 Å². The minimum absolute atomic E-state index is 0.0436. The van der Waals surface area contributed by atoms with Crippen molar-refractivity contribution in [3.8, 4) is 5.75 Å². The van der Waals surface area contributed by atoms with E-state index in [1.165, 1.54) is 12.0 Å². The van der Waals surface area contributed by atoms with Gasteiger partial charge >= 0.3 is 0 Å². The van der Waals surface area contributed by atoms with Crippen molar-refractivity contribution in [2.75, 3.05) is 25.7 Å². The van der Waals surface area contributed by atoms with Gasteiger partial charge in [-0.3, -0.25) is 4.79 Å². The Morgan fingerprint density at radius 3 is 2.76 bits per heavy atom. The quantitative estimate of drug-likeness (QED) is 0.839. The molecule has 116 valence electrons. The van der Waals surface area contributed by atoms with Crippen molar-refractivity contribution in [3.63, 3.8) is 0 Å². The van der Waals surface area contributed by atoms with Gasteiger partial charge in [-0.2, -0.15) is 0 Å². The molecule has 1 saturated heterocycles. The highest BCUT2D eigenvalue weighted by atomic mass is 35.5. The van der Waals surface area contributed by atoms with Crippen molar-refractivity contribution < 1.29 is 17.9 Å². The third kappa shape index (κ3) is 3.89. The second-order valence-corrected chi connectivity index (χ2v) is 7.86. The van der Waals surface area contributed by atoms with Gasteiger partial charge in [0.25, 0.3) is 0 Å². The predicted octanol–water partition coefficient (Wildman–Crippen LogP) is 1.54. The Balaban J connectivity index is 2.09. The molecule has 1 aromatic rings. The average Bonchev–Trinajstić information content (AvgIpc) is 2.78. The van der Waals surface area contributed by atoms with Crippen molar-refractivity contribution in [2.45, 2.75) is 18.9 Å². The number of ether oxygens (including phenoxy) is 1. The van der Waals surface area contributed by atoms with Crippen molar-refractivity contribution in [3.05, 3.63) is 28.8 Å². The van der Waals surface area contributed by atoms with Gasteiger partial charge in [-0.1, -0.05) is 11.6 Å². The van der Waals surface area contributed by atoms with E-state index in [0.717, 1.165) is 0 Å². The Morgan fingerprint density at radius 2 is 2.19 bits per heavy atom. The standard InChI is InChI=1S/C14H18ClNO4S/c1-16(12-5-6-21(18,19)9-12)14(17)8-10-7-11(15)3-4-13(10)20-2/h3-4,7,12H,5-6,8-9H2,1-2H3. The Kier molecular flexibility index (Phi) is 4.78. The van der Waals surface area contributed by atoms with Gasteiger partial charge in [0.1, 0.15) is 5.75 Å². The van der Waals surface area contributed by atoms with Gasteiger partial charge in [-0.25, -0.2) is 8.42 Å². The van der Waals surface area contributed by atoms with Crippen LogP contribution in [0.1, 0.15) is 12.0 Å². The number of likely N-dealkylation sites (N-methyl/N-ethyl adjacent to an activating group) is 1. The van der Waals surface area contributed by atoms with Crippen LogP contribution < -0.4 is 4.74 Å². The number of halogens is 1. The number of methoxy groups -OCH3 is 1. The first kappa shape index (κ1) is 16.1. The monoisotopic (exact) mass is 331 g/mol. The second kappa shape index (κ2) is 6.23. The van der Waals surface area contributed by atoms with Gasteiger partial charge in [0.2, 0.25) is 5.91 Å². The molecule has 1 heterocycles. The molecule has 0 radical (unpaired) electrons. The van der Waals surface area contributed by atoms with Crippen molar-refractivity contribution in [2.24, 2.45) is 0 Å². The van der Waals surface area contributed by atoms with Crippen LogP contribution in [-0.4, -0.2) is 50.9 Å². The molecule has 0 saturated carbocycles. The molecule has 7 heteroatoms. The van der Waals surface area contributed by atoms with Gasteiger partial charge in [-0.15, -0.1) is 0 Å². The van der Waals surface area contributed by atoms with E-state index < -0.39 is 9.84 Å². The van der Waals surface area contributed by atoms with Crippen LogP contribution >= 0.6 is 11.6 Å². The maximum Gasteiger partial charge on any atom is 0.227 e. The topological polar surface area (TPSA) is 63.7 Å². The second-order valence-electron chi connectivity index (χ2n) is 5.19. The molecule has 1 unspecified atom stereocenters. The molecule has 1 fully saturated rings. The Hall–Kier alpha value is -1.27. The fourth-order valence-electron chi connectivity index (χ4n) is 2.46. The van der Waals surface area contributed by atoms with Crippen LogP contribution in [0.15, 0.2) is 18.2 Å². The molecule has 5 nitrogen and oxygen atoms in total. The molecule has 0 aliphatic carbocycles. The molecule has 1 atom stereocenters. The third-order valence-electron chi connectivity index (χ3n) is 3.73. The van der Waals surface area contributed by atoms with Crippen LogP contribution in [0.4, 0.5) is 0 Å². The van der Waals surface area contributed by atoms with Crippen molar-refractivity contribution in [1.29, 1.82) is 0 Å². The first-order chi connectivity index (χ1) is 9.82. The maximum absolute atomic E-state index is 12.3. The molecule has 21 heavy (non-hydrogen) atoms. The highest BCUT2D eigenvalue weighted by molar-refractivity contribution is 7.91. The minimum Gasteiger partial charge on any atom is -0.496 e. The van der Waals surface area contributed by atoms with E-state index in [-0.39, 0.29) is 29.9 Å². The van der Waals surface area contributed by atoms with Crippen LogP contribution in [0.2, 0.25) is 5.02 Å². The van der Waals surface area contributed by atoms with Gasteiger partial charge in [0.15, 0.2) is 9.84 Å². The maximum atomic E-state index is 12.3. The summed E-state index contributed by atoms with van der Waals surface area (Å²) in [6.45, 7) is 0. The van der Waals surface area contributed by atoms with Crippen LogP contribution in [0.3, 0.4) is 0 Å². The fraction of sp³-hybridized carbons (Fsp3) is 0.500. The molecule has 2 rings (SSSR count). The predicted molar refractivity (Wildman–Crippen MR) is 81.5 cm³/mol. The number of benzene rings is 1. The van der Waals surface area contributed by atoms with E-state index in [4.69, 9.17) is 16.3 Å². The minimum atomic E-state index is -3.01. The molecule has 0 N–H and O–H groups in total. The lowest BCUT2D eigenvalue weighted by atomic mass is 10.1. The summed E-state index contributed by atoms with van der Waals surface area (Å²) in [7, 11) is 0.170. The molecule has 0 bridgehead atoms. The van der Waals surface area contributed by atoms with Crippen molar-refractivity contribution in [1.82, 2.24) is 4.90 Å². The summed E-state index contributed by atoms with van der Waals surface area (Å²) in [5, 5.41) is 0.532. The first-order valence-electron chi connectivity index (χ1n) is 6.61. The average molecular weight is 332 g/mol. The van der Waals surface area contributed by atoms with E-state index in [0.29, 0.717) is 22.8 Å². The molecular weight excluding hydrogens is 314 g/mol. The molecule has 0 aromatic heterocycles. The summed E-state index contributed by atoms with van der Waals surface area (Å²) in [5.41, 5.74) is 0.697. The lowest BCUT2D eigenvalue weighted by molar-refractivity contribution is -0.130. The molecule has 1 amide bonds. The molecule has 0 spiro atoms. The summed E-state index contributed by atoms with van der Waals surface area (Å²) in [6, 6.07) is 4.86. The third-order valence-corrected chi connectivity index (χ3v) is 5.72.